The molecule has 3 rings (SSSR count). The predicted molar refractivity (Wildman–Crippen MR) is 75.2 cm³/mol. The van der Waals surface area contributed by atoms with Gasteiger partial charge < -0.3 is 9.15 Å². The van der Waals surface area contributed by atoms with Gasteiger partial charge in [-0.05, 0) is 23.8 Å². The van der Waals surface area contributed by atoms with Gasteiger partial charge in [0.05, 0.1) is 25.0 Å². The van der Waals surface area contributed by atoms with Crippen molar-refractivity contribution in [3.05, 3.63) is 47.7 Å². The van der Waals surface area contributed by atoms with Crippen LogP contribution in [0.4, 0.5) is 13.2 Å². The van der Waals surface area contributed by atoms with E-state index in [1.54, 1.807) is 18.2 Å². The lowest BCUT2D eigenvalue weighted by atomic mass is 10.0. The third-order valence-electron chi connectivity index (χ3n) is 3.72. The Morgan fingerprint density at radius 1 is 1.09 bits per heavy atom. The van der Waals surface area contributed by atoms with Crippen LogP contribution in [0.25, 0.3) is 11.3 Å². The molecule has 2 heterocycles. The minimum absolute atomic E-state index is 0.274. The Morgan fingerprint density at radius 3 is 2.50 bits per heavy atom. The molecule has 1 fully saturated rings. The van der Waals surface area contributed by atoms with Gasteiger partial charge in [-0.1, -0.05) is 12.1 Å². The third kappa shape index (κ3) is 3.34. The van der Waals surface area contributed by atoms with Gasteiger partial charge in [-0.25, -0.2) is 0 Å². The standard InChI is InChI=1S/C16H16F3NO2/c17-16(18,19)14-10-12(15-2-1-7-22-15)3-4-13(14)11-20-5-8-21-9-6-20/h1-4,7,10H,5-6,8-9,11H2. The average molecular weight is 311 g/mol. The summed E-state index contributed by atoms with van der Waals surface area (Å²) in [6.45, 7) is 2.70. The number of hydrogen-bond donors (Lipinski definition) is 0. The van der Waals surface area contributed by atoms with E-state index < -0.39 is 11.7 Å². The Labute approximate surface area is 126 Å². The van der Waals surface area contributed by atoms with Gasteiger partial charge in [0.2, 0.25) is 0 Å². The Balaban J connectivity index is 1.91. The Hall–Kier alpha value is -1.79. The molecule has 0 aliphatic carbocycles. The molecule has 1 aliphatic heterocycles. The Kier molecular flexibility index (Phi) is 4.22. The van der Waals surface area contributed by atoms with Crippen LogP contribution < -0.4 is 0 Å². The number of hydrogen-bond acceptors (Lipinski definition) is 3. The molecular formula is C16H16F3NO2. The second kappa shape index (κ2) is 6.14. The smallest absolute Gasteiger partial charge is 0.416 e. The summed E-state index contributed by atoms with van der Waals surface area (Å²) in [5.74, 6) is 0.434. The molecule has 0 atom stereocenters. The van der Waals surface area contributed by atoms with Crippen molar-refractivity contribution in [2.24, 2.45) is 0 Å². The van der Waals surface area contributed by atoms with Crippen LogP contribution in [0.5, 0.6) is 0 Å². The molecule has 0 N–H and O–H groups in total. The first-order valence-electron chi connectivity index (χ1n) is 7.08. The summed E-state index contributed by atoms with van der Waals surface area (Å²) in [7, 11) is 0. The quantitative estimate of drug-likeness (QED) is 0.862. The predicted octanol–water partition coefficient (Wildman–Crippen LogP) is 3.80. The van der Waals surface area contributed by atoms with Crippen LogP contribution in [0.15, 0.2) is 41.0 Å². The van der Waals surface area contributed by atoms with E-state index in [9.17, 15) is 13.2 Å². The van der Waals surface area contributed by atoms with Crippen LogP contribution >= 0.6 is 0 Å². The molecule has 0 bridgehead atoms. The van der Waals surface area contributed by atoms with E-state index in [4.69, 9.17) is 9.15 Å². The SMILES string of the molecule is FC(F)(F)c1cc(-c2ccco2)ccc1CN1CCOCC1. The van der Waals surface area contributed by atoms with Gasteiger partial charge in [-0.3, -0.25) is 4.90 Å². The summed E-state index contributed by atoms with van der Waals surface area (Å²) < 4.78 is 50.5. The number of halogens is 3. The maximum Gasteiger partial charge on any atom is 0.416 e. The van der Waals surface area contributed by atoms with Crippen LogP contribution in [0.3, 0.4) is 0 Å². The molecule has 0 spiro atoms. The number of rotatable bonds is 3. The van der Waals surface area contributed by atoms with Crippen molar-refractivity contribution < 1.29 is 22.3 Å². The number of ether oxygens (including phenoxy) is 1. The maximum atomic E-state index is 13.4. The summed E-state index contributed by atoms with van der Waals surface area (Å²) in [5.41, 5.74) is 0.112. The van der Waals surface area contributed by atoms with Gasteiger partial charge in [-0.2, -0.15) is 13.2 Å². The number of furan rings is 1. The fraction of sp³-hybridized carbons (Fsp3) is 0.375. The molecular weight excluding hydrogens is 295 g/mol. The molecule has 6 heteroatoms. The van der Waals surface area contributed by atoms with Crippen LogP contribution in [0.1, 0.15) is 11.1 Å². The number of morpholine rings is 1. The highest BCUT2D eigenvalue weighted by molar-refractivity contribution is 5.59. The zero-order valence-electron chi connectivity index (χ0n) is 11.9. The number of benzene rings is 1. The van der Waals surface area contributed by atoms with E-state index in [0.29, 0.717) is 37.6 Å². The third-order valence-corrected chi connectivity index (χ3v) is 3.72. The van der Waals surface area contributed by atoms with Gasteiger partial charge in [0.1, 0.15) is 5.76 Å². The van der Waals surface area contributed by atoms with Crippen LogP contribution in [0, 0.1) is 0 Å². The monoisotopic (exact) mass is 311 g/mol. The summed E-state index contributed by atoms with van der Waals surface area (Å²) >= 11 is 0. The largest absolute Gasteiger partial charge is 0.464 e. The van der Waals surface area contributed by atoms with Crippen molar-refractivity contribution in [2.75, 3.05) is 26.3 Å². The van der Waals surface area contributed by atoms with Crippen molar-refractivity contribution in [2.45, 2.75) is 12.7 Å². The molecule has 3 nitrogen and oxygen atoms in total. The summed E-state index contributed by atoms with van der Waals surface area (Å²) in [5, 5.41) is 0. The minimum atomic E-state index is -4.38. The number of alkyl halides is 3. The molecule has 2 aromatic rings. The fourth-order valence-corrected chi connectivity index (χ4v) is 2.57. The highest BCUT2D eigenvalue weighted by atomic mass is 19.4. The van der Waals surface area contributed by atoms with E-state index in [2.05, 4.69) is 0 Å². The molecule has 22 heavy (non-hydrogen) atoms. The summed E-state index contributed by atoms with van der Waals surface area (Å²) in [4.78, 5) is 1.97. The Morgan fingerprint density at radius 2 is 1.86 bits per heavy atom. The Bertz CT molecular complexity index is 617. The highest BCUT2D eigenvalue weighted by Gasteiger charge is 2.34. The number of nitrogens with zero attached hydrogens (tertiary/aromatic N) is 1. The minimum Gasteiger partial charge on any atom is -0.464 e. The lowest BCUT2D eigenvalue weighted by Gasteiger charge is -2.27. The highest BCUT2D eigenvalue weighted by Crippen LogP contribution is 2.35. The lowest BCUT2D eigenvalue weighted by molar-refractivity contribution is -0.138. The van der Waals surface area contributed by atoms with Crippen LogP contribution in [-0.4, -0.2) is 31.2 Å². The second-order valence-corrected chi connectivity index (χ2v) is 5.24. The van der Waals surface area contributed by atoms with Gasteiger partial charge in [-0.15, -0.1) is 0 Å². The van der Waals surface area contributed by atoms with Gasteiger partial charge in [0.25, 0.3) is 0 Å². The van der Waals surface area contributed by atoms with Crippen molar-refractivity contribution >= 4 is 0 Å². The van der Waals surface area contributed by atoms with E-state index in [1.165, 1.54) is 12.3 Å². The molecule has 0 unspecified atom stereocenters. The molecule has 0 radical (unpaired) electrons. The van der Waals surface area contributed by atoms with Crippen molar-refractivity contribution in [1.82, 2.24) is 4.90 Å². The van der Waals surface area contributed by atoms with Crippen molar-refractivity contribution in [3.8, 4) is 11.3 Å². The first kappa shape index (κ1) is 15.1. The lowest BCUT2D eigenvalue weighted by Crippen LogP contribution is -2.36. The van der Waals surface area contributed by atoms with E-state index in [1.807, 2.05) is 4.90 Å². The first-order valence-corrected chi connectivity index (χ1v) is 7.08. The maximum absolute atomic E-state index is 13.4. The van der Waals surface area contributed by atoms with E-state index in [-0.39, 0.29) is 12.1 Å². The van der Waals surface area contributed by atoms with Gasteiger partial charge >= 0.3 is 6.18 Å². The normalized spacial score (nSPS) is 16.9. The van der Waals surface area contributed by atoms with Crippen molar-refractivity contribution in [1.29, 1.82) is 0 Å². The van der Waals surface area contributed by atoms with Gasteiger partial charge in [0.15, 0.2) is 0 Å². The molecule has 0 saturated carbocycles. The molecule has 0 amide bonds. The molecule has 1 aliphatic rings. The molecule has 1 aromatic carbocycles. The van der Waals surface area contributed by atoms with Crippen LogP contribution in [0.2, 0.25) is 0 Å². The molecule has 1 aromatic heterocycles. The topological polar surface area (TPSA) is 25.6 Å². The molecule has 1 saturated heterocycles. The zero-order valence-corrected chi connectivity index (χ0v) is 11.9. The first-order chi connectivity index (χ1) is 10.5. The summed E-state index contributed by atoms with van der Waals surface area (Å²) in [6, 6.07) is 7.68. The van der Waals surface area contributed by atoms with Gasteiger partial charge in [0, 0.05) is 25.2 Å². The fourth-order valence-electron chi connectivity index (χ4n) is 2.57. The van der Waals surface area contributed by atoms with E-state index in [0.717, 1.165) is 6.07 Å². The second-order valence-electron chi connectivity index (χ2n) is 5.24. The van der Waals surface area contributed by atoms with Crippen LogP contribution in [-0.2, 0) is 17.5 Å². The van der Waals surface area contributed by atoms with Crippen molar-refractivity contribution in [3.63, 3.8) is 0 Å². The zero-order chi connectivity index (χ0) is 15.6. The average Bonchev–Trinajstić information content (AvgIpc) is 3.02. The molecule has 118 valence electrons. The summed E-state index contributed by atoms with van der Waals surface area (Å²) in [6.07, 6.45) is -2.94. The van der Waals surface area contributed by atoms with E-state index >= 15 is 0 Å².